The number of likely N-dealkylation sites (tertiary alicyclic amines) is 1. The minimum atomic E-state index is -0.230. The highest BCUT2D eigenvalue weighted by atomic mass is 19.1. The summed E-state index contributed by atoms with van der Waals surface area (Å²) in [4.78, 5) is 14.3. The molecule has 1 saturated heterocycles. The van der Waals surface area contributed by atoms with Gasteiger partial charge in [0.1, 0.15) is 11.6 Å². The van der Waals surface area contributed by atoms with Gasteiger partial charge in [-0.25, -0.2) is 4.39 Å². The predicted molar refractivity (Wildman–Crippen MR) is 86.9 cm³/mol. The highest BCUT2D eigenvalue weighted by Crippen LogP contribution is 2.28. The summed E-state index contributed by atoms with van der Waals surface area (Å²) in [6, 6.07) is 11.9. The van der Waals surface area contributed by atoms with Crippen LogP contribution in [-0.2, 0) is 11.2 Å². The molecule has 2 aromatic carbocycles. The maximum atomic E-state index is 13.3. The van der Waals surface area contributed by atoms with Crippen LogP contribution in [0.5, 0.6) is 5.75 Å². The molecule has 1 atom stereocenters. The summed E-state index contributed by atoms with van der Waals surface area (Å²) in [7, 11) is 0. The molecular formula is C19H20FNO2. The smallest absolute Gasteiger partial charge is 0.227 e. The Labute approximate surface area is 135 Å². The first kappa shape index (κ1) is 15.5. The molecule has 3 rings (SSSR count). The lowest BCUT2D eigenvalue weighted by Gasteiger charge is -2.17. The SMILES string of the molecule is Cc1cc(CC(=O)N2CC[C@H](c3cccc(F)c3)C2)ccc1O. The molecule has 2 aromatic rings. The largest absolute Gasteiger partial charge is 0.508 e. The van der Waals surface area contributed by atoms with Crippen LogP contribution in [0.25, 0.3) is 0 Å². The number of amides is 1. The molecule has 23 heavy (non-hydrogen) atoms. The van der Waals surface area contributed by atoms with Gasteiger partial charge in [0.05, 0.1) is 6.42 Å². The maximum absolute atomic E-state index is 13.3. The second-order valence-electron chi connectivity index (χ2n) is 6.18. The Hall–Kier alpha value is -2.36. The molecule has 3 nitrogen and oxygen atoms in total. The van der Waals surface area contributed by atoms with Crippen molar-refractivity contribution in [3.63, 3.8) is 0 Å². The first-order valence-corrected chi connectivity index (χ1v) is 7.84. The minimum Gasteiger partial charge on any atom is -0.508 e. The molecule has 1 heterocycles. The third-order valence-electron chi connectivity index (χ3n) is 4.48. The van der Waals surface area contributed by atoms with Crippen LogP contribution in [0, 0.1) is 12.7 Å². The highest BCUT2D eigenvalue weighted by molar-refractivity contribution is 5.79. The van der Waals surface area contributed by atoms with Gasteiger partial charge in [-0.1, -0.05) is 24.3 Å². The quantitative estimate of drug-likeness (QED) is 0.943. The zero-order valence-electron chi connectivity index (χ0n) is 13.1. The molecule has 0 aromatic heterocycles. The standard InChI is InChI=1S/C19H20FNO2/c1-13-9-14(5-6-18(13)22)10-19(23)21-8-7-16(12-21)15-3-2-4-17(20)11-15/h2-6,9,11,16,22H,7-8,10,12H2,1H3/t16-/m0/s1. The second-order valence-corrected chi connectivity index (χ2v) is 6.18. The molecule has 4 heteroatoms. The van der Waals surface area contributed by atoms with Crippen LogP contribution in [0.2, 0.25) is 0 Å². The maximum Gasteiger partial charge on any atom is 0.227 e. The van der Waals surface area contributed by atoms with Crippen molar-refractivity contribution >= 4 is 5.91 Å². The number of aryl methyl sites for hydroxylation is 1. The summed E-state index contributed by atoms with van der Waals surface area (Å²) in [5, 5.41) is 9.55. The van der Waals surface area contributed by atoms with Gasteiger partial charge in [-0.2, -0.15) is 0 Å². The number of carbonyl (C=O) groups excluding carboxylic acids is 1. The first-order valence-electron chi connectivity index (χ1n) is 7.84. The van der Waals surface area contributed by atoms with Gasteiger partial charge < -0.3 is 10.0 Å². The fourth-order valence-electron chi connectivity index (χ4n) is 3.13. The normalized spacial score (nSPS) is 17.5. The van der Waals surface area contributed by atoms with Gasteiger partial charge in [-0.05, 0) is 48.2 Å². The van der Waals surface area contributed by atoms with E-state index in [2.05, 4.69) is 0 Å². The first-order chi connectivity index (χ1) is 11.0. The number of benzene rings is 2. The number of aromatic hydroxyl groups is 1. The molecule has 1 aliphatic heterocycles. The summed E-state index contributed by atoms with van der Waals surface area (Å²) >= 11 is 0. The Morgan fingerprint density at radius 1 is 1.30 bits per heavy atom. The number of carbonyl (C=O) groups is 1. The van der Waals surface area contributed by atoms with E-state index in [1.54, 1.807) is 24.3 Å². The van der Waals surface area contributed by atoms with Gasteiger partial charge in [0.15, 0.2) is 0 Å². The number of nitrogens with zero attached hydrogens (tertiary/aromatic N) is 1. The van der Waals surface area contributed by atoms with E-state index in [1.807, 2.05) is 24.0 Å². The van der Waals surface area contributed by atoms with Crippen molar-refractivity contribution in [1.29, 1.82) is 0 Å². The monoisotopic (exact) mass is 313 g/mol. The van der Waals surface area contributed by atoms with E-state index in [0.29, 0.717) is 19.5 Å². The van der Waals surface area contributed by atoms with E-state index < -0.39 is 0 Å². The molecule has 0 saturated carbocycles. The number of rotatable bonds is 3. The number of phenols is 1. The van der Waals surface area contributed by atoms with E-state index in [0.717, 1.165) is 23.1 Å². The van der Waals surface area contributed by atoms with Gasteiger partial charge >= 0.3 is 0 Å². The average Bonchev–Trinajstić information content (AvgIpc) is 3.01. The summed E-state index contributed by atoms with van der Waals surface area (Å²) in [6.45, 7) is 3.16. The minimum absolute atomic E-state index is 0.0778. The average molecular weight is 313 g/mol. The Balaban J connectivity index is 1.64. The van der Waals surface area contributed by atoms with Crippen LogP contribution in [0.4, 0.5) is 4.39 Å². The lowest BCUT2D eigenvalue weighted by Crippen LogP contribution is -2.29. The third kappa shape index (κ3) is 3.52. The van der Waals surface area contributed by atoms with Crippen molar-refractivity contribution in [2.45, 2.75) is 25.7 Å². The summed E-state index contributed by atoms with van der Waals surface area (Å²) < 4.78 is 13.3. The predicted octanol–water partition coefficient (Wildman–Crippen LogP) is 3.40. The van der Waals surface area contributed by atoms with E-state index in [9.17, 15) is 14.3 Å². The molecule has 1 N–H and O–H groups in total. The van der Waals surface area contributed by atoms with E-state index >= 15 is 0 Å². The van der Waals surface area contributed by atoms with Gasteiger partial charge in [0, 0.05) is 19.0 Å². The molecule has 1 aliphatic rings. The van der Waals surface area contributed by atoms with Crippen LogP contribution in [0.1, 0.15) is 29.0 Å². The Morgan fingerprint density at radius 2 is 2.13 bits per heavy atom. The van der Waals surface area contributed by atoms with Crippen molar-refractivity contribution in [3.8, 4) is 5.75 Å². The highest BCUT2D eigenvalue weighted by Gasteiger charge is 2.27. The Bertz CT molecular complexity index is 729. The van der Waals surface area contributed by atoms with Gasteiger partial charge in [-0.3, -0.25) is 4.79 Å². The Kier molecular flexibility index (Phi) is 4.33. The van der Waals surface area contributed by atoms with Crippen molar-refractivity contribution in [1.82, 2.24) is 4.90 Å². The molecular weight excluding hydrogens is 293 g/mol. The molecule has 0 bridgehead atoms. The van der Waals surface area contributed by atoms with Crippen LogP contribution >= 0.6 is 0 Å². The van der Waals surface area contributed by atoms with Crippen LogP contribution in [0.15, 0.2) is 42.5 Å². The number of halogens is 1. The molecule has 0 unspecified atom stereocenters. The zero-order chi connectivity index (χ0) is 16.4. The third-order valence-corrected chi connectivity index (χ3v) is 4.48. The van der Waals surface area contributed by atoms with Gasteiger partial charge in [0.2, 0.25) is 5.91 Å². The van der Waals surface area contributed by atoms with E-state index in [4.69, 9.17) is 0 Å². The van der Waals surface area contributed by atoms with Crippen molar-refractivity contribution in [3.05, 3.63) is 65.0 Å². The van der Waals surface area contributed by atoms with Crippen molar-refractivity contribution < 1.29 is 14.3 Å². The topological polar surface area (TPSA) is 40.5 Å². The lowest BCUT2D eigenvalue weighted by atomic mass is 9.98. The molecule has 0 radical (unpaired) electrons. The summed E-state index contributed by atoms with van der Waals surface area (Å²) in [5.74, 6) is 0.297. The fourth-order valence-corrected chi connectivity index (χ4v) is 3.13. The van der Waals surface area contributed by atoms with E-state index in [1.165, 1.54) is 6.07 Å². The summed E-state index contributed by atoms with van der Waals surface area (Å²) in [6.07, 6.45) is 1.20. The number of hydrogen-bond acceptors (Lipinski definition) is 2. The zero-order valence-corrected chi connectivity index (χ0v) is 13.1. The molecule has 120 valence electrons. The van der Waals surface area contributed by atoms with Crippen LogP contribution in [0.3, 0.4) is 0 Å². The number of phenolic OH excluding ortho intramolecular Hbond substituents is 1. The lowest BCUT2D eigenvalue weighted by molar-refractivity contribution is -0.129. The molecule has 0 spiro atoms. The summed E-state index contributed by atoms with van der Waals surface area (Å²) in [5.41, 5.74) is 2.63. The van der Waals surface area contributed by atoms with Gasteiger partial charge in [0.25, 0.3) is 0 Å². The molecule has 1 amide bonds. The Morgan fingerprint density at radius 3 is 2.87 bits per heavy atom. The second kappa shape index (κ2) is 6.41. The fraction of sp³-hybridized carbons (Fsp3) is 0.316. The van der Waals surface area contributed by atoms with Crippen molar-refractivity contribution in [2.75, 3.05) is 13.1 Å². The molecule has 0 aliphatic carbocycles. The van der Waals surface area contributed by atoms with Crippen LogP contribution < -0.4 is 0 Å². The van der Waals surface area contributed by atoms with Crippen LogP contribution in [-0.4, -0.2) is 29.0 Å². The molecule has 1 fully saturated rings. The van der Waals surface area contributed by atoms with Gasteiger partial charge in [-0.15, -0.1) is 0 Å². The van der Waals surface area contributed by atoms with E-state index in [-0.39, 0.29) is 23.4 Å². The number of hydrogen-bond donors (Lipinski definition) is 1. The van der Waals surface area contributed by atoms with Crippen molar-refractivity contribution in [2.24, 2.45) is 0 Å².